The predicted molar refractivity (Wildman–Crippen MR) is 113 cm³/mol. The SMILES string of the molecule is CCNC(=NCc1cccc(C(=O)NCc2ccco2)c1)NCCCC(C)C. The second kappa shape index (κ2) is 11.8. The van der Waals surface area contributed by atoms with E-state index in [2.05, 4.69) is 41.7 Å². The molecule has 1 heterocycles. The van der Waals surface area contributed by atoms with Crippen LogP contribution in [0, 0.1) is 5.92 Å². The van der Waals surface area contributed by atoms with E-state index in [9.17, 15) is 4.79 Å². The minimum Gasteiger partial charge on any atom is -0.467 e. The average molecular weight is 385 g/mol. The van der Waals surface area contributed by atoms with Crippen molar-refractivity contribution in [3.8, 4) is 0 Å². The van der Waals surface area contributed by atoms with E-state index in [0.717, 1.165) is 36.8 Å². The van der Waals surface area contributed by atoms with Crippen molar-refractivity contribution in [1.29, 1.82) is 0 Å². The Bertz CT molecular complexity index is 739. The van der Waals surface area contributed by atoms with E-state index in [1.165, 1.54) is 6.42 Å². The van der Waals surface area contributed by atoms with Crippen LogP contribution in [-0.4, -0.2) is 25.0 Å². The molecule has 28 heavy (non-hydrogen) atoms. The van der Waals surface area contributed by atoms with Crippen molar-refractivity contribution in [3.63, 3.8) is 0 Å². The topological polar surface area (TPSA) is 78.7 Å². The molecule has 152 valence electrons. The summed E-state index contributed by atoms with van der Waals surface area (Å²) in [6.45, 7) is 9.12. The van der Waals surface area contributed by atoms with Gasteiger partial charge in [-0.2, -0.15) is 0 Å². The Hall–Kier alpha value is -2.76. The molecule has 0 aliphatic heterocycles. The number of rotatable bonds is 10. The number of hydrogen-bond donors (Lipinski definition) is 3. The number of aliphatic imine (C=N–C) groups is 1. The summed E-state index contributed by atoms with van der Waals surface area (Å²) in [5.41, 5.74) is 1.61. The van der Waals surface area contributed by atoms with Crippen molar-refractivity contribution >= 4 is 11.9 Å². The molecule has 2 rings (SSSR count). The summed E-state index contributed by atoms with van der Waals surface area (Å²) in [7, 11) is 0. The molecule has 1 aromatic heterocycles. The number of nitrogens with zero attached hydrogens (tertiary/aromatic N) is 1. The second-order valence-electron chi connectivity index (χ2n) is 7.12. The van der Waals surface area contributed by atoms with Crippen molar-refractivity contribution in [2.75, 3.05) is 13.1 Å². The van der Waals surface area contributed by atoms with E-state index in [-0.39, 0.29) is 5.91 Å². The van der Waals surface area contributed by atoms with Gasteiger partial charge in [-0.1, -0.05) is 26.0 Å². The standard InChI is InChI=1S/C22H32N4O2/c1-4-23-22(24-12-6-8-17(2)3)26-15-18-9-5-10-19(14-18)21(27)25-16-20-11-7-13-28-20/h5,7,9-11,13-14,17H,4,6,8,12,15-16H2,1-3H3,(H,25,27)(H2,23,24,26). The highest BCUT2D eigenvalue weighted by atomic mass is 16.3. The van der Waals surface area contributed by atoms with E-state index in [4.69, 9.17) is 4.42 Å². The fourth-order valence-electron chi connectivity index (χ4n) is 2.72. The zero-order valence-corrected chi connectivity index (χ0v) is 17.1. The number of amides is 1. The summed E-state index contributed by atoms with van der Waals surface area (Å²) in [5, 5.41) is 9.50. The van der Waals surface area contributed by atoms with E-state index in [0.29, 0.717) is 24.6 Å². The third kappa shape index (κ3) is 7.86. The molecule has 0 aliphatic rings. The predicted octanol–water partition coefficient (Wildman–Crippen LogP) is 3.70. The van der Waals surface area contributed by atoms with Crippen molar-refractivity contribution < 1.29 is 9.21 Å². The molecule has 2 aromatic rings. The third-order valence-corrected chi connectivity index (χ3v) is 4.21. The second-order valence-corrected chi connectivity index (χ2v) is 7.12. The van der Waals surface area contributed by atoms with E-state index < -0.39 is 0 Å². The first kappa shape index (κ1) is 21.5. The Kier molecular flexibility index (Phi) is 9.11. The van der Waals surface area contributed by atoms with Crippen LogP contribution in [0.2, 0.25) is 0 Å². The molecule has 0 unspecified atom stereocenters. The van der Waals surface area contributed by atoms with Gasteiger partial charge in [0.15, 0.2) is 5.96 Å². The highest BCUT2D eigenvalue weighted by Gasteiger charge is 2.07. The van der Waals surface area contributed by atoms with Gasteiger partial charge in [-0.15, -0.1) is 0 Å². The average Bonchev–Trinajstić information content (AvgIpc) is 3.21. The lowest BCUT2D eigenvalue weighted by Gasteiger charge is -2.12. The molecule has 0 saturated heterocycles. The van der Waals surface area contributed by atoms with Gasteiger partial charge in [0.25, 0.3) is 5.91 Å². The highest BCUT2D eigenvalue weighted by Crippen LogP contribution is 2.08. The van der Waals surface area contributed by atoms with Crippen molar-refractivity contribution in [2.45, 2.75) is 46.7 Å². The molecular weight excluding hydrogens is 352 g/mol. The Balaban J connectivity index is 1.89. The normalized spacial score (nSPS) is 11.5. The van der Waals surface area contributed by atoms with Gasteiger partial charge >= 0.3 is 0 Å². The number of nitrogens with one attached hydrogen (secondary N) is 3. The molecule has 0 atom stereocenters. The molecule has 0 spiro atoms. The summed E-state index contributed by atoms with van der Waals surface area (Å²) < 4.78 is 5.24. The molecule has 0 bridgehead atoms. The summed E-state index contributed by atoms with van der Waals surface area (Å²) in [5.74, 6) is 2.12. The summed E-state index contributed by atoms with van der Waals surface area (Å²) in [4.78, 5) is 17.0. The van der Waals surface area contributed by atoms with Gasteiger partial charge in [-0.05, 0) is 55.5 Å². The van der Waals surface area contributed by atoms with Gasteiger partial charge in [-0.25, -0.2) is 4.99 Å². The number of furan rings is 1. The zero-order chi connectivity index (χ0) is 20.2. The number of carbonyl (C=O) groups excluding carboxylic acids is 1. The largest absolute Gasteiger partial charge is 0.467 e. The molecule has 6 heteroatoms. The minimum absolute atomic E-state index is 0.124. The molecule has 0 aliphatic carbocycles. The molecule has 3 N–H and O–H groups in total. The Morgan fingerprint density at radius 2 is 2.00 bits per heavy atom. The quantitative estimate of drug-likeness (QED) is 0.332. The lowest BCUT2D eigenvalue weighted by atomic mass is 10.1. The maximum atomic E-state index is 12.3. The highest BCUT2D eigenvalue weighted by molar-refractivity contribution is 5.94. The first-order chi connectivity index (χ1) is 13.6. The number of guanidine groups is 1. The molecule has 0 radical (unpaired) electrons. The smallest absolute Gasteiger partial charge is 0.251 e. The lowest BCUT2D eigenvalue weighted by Crippen LogP contribution is -2.37. The van der Waals surface area contributed by atoms with Gasteiger partial charge in [0.2, 0.25) is 0 Å². The molecule has 1 aromatic carbocycles. The van der Waals surface area contributed by atoms with Gasteiger partial charge in [0, 0.05) is 18.7 Å². The third-order valence-electron chi connectivity index (χ3n) is 4.21. The van der Waals surface area contributed by atoms with E-state index in [1.807, 2.05) is 24.3 Å². The Labute approximate surface area is 167 Å². The Morgan fingerprint density at radius 3 is 2.71 bits per heavy atom. The summed E-state index contributed by atoms with van der Waals surface area (Å²) in [6.07, 6.45) is 3.91. The monoisotopic (exact) mass is 384 g/mol. The van der Waals surface area contributed by atoms with Crippen LogP contribution in [0.1, 0.15) is 55.3 Å². The van der Waals surface area contributed by atoms with Crippen LogP contribution in [0.15, 0.2) is 52.1 Å². The molecule has 1 amide bonds. The molecule has 0 fully saturated rings. The van der Waals surface area contributed by atoms with Crippen LogP contribution in [0.4, 0.5) is 0 Å². The van der Waals surface area contributed by atoms with Crippen LogP contribution in [0.5, 0.6) is 0 Å². The molecule has 0 saturated carbocycles. The first-order valence-corrected chi connectivity index (χ1v) is 10.00. The van der Waals surface area contributed by atoms with Gasteiger partial charge in [0.05, 0.1) is 19.4 Å². The van der Waals surface area contributed by atoms with E-state index in [1.54, 1.807) is 18.4 Å². The molecular formula is C22H32N4O2. The van der Waals surface area contributed by atoms with Crippen LogP contribution in [-0.2, 0) is 13.1 Å². The van der Waals surface area contributed by atoms with Crippen molar-refractivity contribution in [2.24, 2.45) is 10.9 Å². The van der Waals surface area contributed by atoms with Crippen LogP contribution >= 0.6 is 0 Å². The van der Waals surface area contributed by atoms with Crippen molar-refractivity contribution in [3.05, 3.63) is 59.5 Å². The number of carbonyl (C=O) groups is 1. The first-order valence-electron chi connectivity index (χ1n) is 10.00. The van der Waals surface area contributed by atoms with Crippen LogP contribution < -0.4 is 16.0 Å². The zero-order valence-electron chi connectivity index (χ0n) is 17.1. The fraction of sp³-hybridized carbons (Fsp3) is 0.455. The summed E-state index contributed by atoms with van der Waals surface area (Å²) >= 11 is 0. The van der Waals surface area contributed by atoms with Crippen molar-refractivity contribution in [1.82, 2.24) is 16.0 Å². The molecule has 6 nitrogen and oxygen atoms in total. The van der Waals surface area contributed by atoms with Gasteiger partial charge in [0.1, 0.15) is 5.76 Å². The minimum atomic E-state index is -0.124. The van der Waals surface area contributed by atoms with Gasteiger partial charge < -0.3 is 20.4 Å². The Morgan fingerprint density at radius 1 is 1.14 bits per heavy atom. The maximum Gasteiger partial charge on any atom is 0.251 e. The van der Waals surface area contributed by atoms with Crippen LogP contribution in [0.25, 0.3) is 0 Å². The van der Waals surface area contributed by atoms with Crippen LogP contribution in [0.3, 0.4) is 0 Å². The number of hydrogen-bond acceptors (Lipinski definition) is 3. The maximum absolute atomic E-state index is 12.3. The van der Waals surface area contributed by atoms with Gasteiger partial charge in [-0.3, -0.25) is 4.79 Å². The fourth-order valence-corrected chi connectivity index (χ4v) is 2.72. The lowest BCUT2D eigenvalue weighted by molar-refractivity contribution is 0.0948. The number of benzene rings is 1. The summed E-state index contributed by atoms with van der Waals surface area (Å²) in [6, 6.07) is 11.2. The van der Waals surface area contributed by atoms with E-state index >= 15 is 0 Å².